The smallest absolute Gasteiger partial charge is 0.262 e. The number of anilines is 2. The van der Waals surface area contributed by atoms with E-state index in [0.717, 1.165) is 11.3 Å². The Morgan fingerprint density at radius 2 is 1.61 bits per heavy atom. The predicted octanol–water partition coefficient (Wildman–Crippen LogP) is 5.75. The molecule has 0 aliphatic carbocycles. The van der Waals surface area contributed by atoms with Crippen molar-refractivity contribution in [1.29, 1.82) is 0 Å². The van der Waals surface area contributed by atoms with Crippen LogP contribution in [0, 0.1) is 6.92 Å². The van der Waals surface area contributed by atoms with Gasteiger partial charge in [0.25, 0.3) is 11.8 Å². The molecule has 0 bridgehead atoms. The normalized spacial score (nSPS) is 13.6. The number of aryl methyl sites for hydroxylation is 1. The van der Waals surface area contributed by atoms with Crippen LogP contribution < -0.4 is 15.0 Å². The third-order valence-electron chi connectivity index (χ3n) is 6.36. The van der Waals surface area contributed by atoms with Crippen LogP contribution in [0.4, 0.5) is 11.4 Å². The zero-order chi connectivity index (χ0) is 25.7. The van der Waals surface area contributed by atoms with Crippen molar-refractivity contribution in [1.82, 2.24) is 4.90 Å². The number of benzene rings is 3. The molecule has 188 valence electrons. The Hall–Kier alpha value is -3.51. The quantitative estimate of drug-likeness (QED) is 0.444. The standard InChI is InChI=1S/C29H32ClN3O3/c1-20(2)22-11-13-24(14-12-22)36-19-27(34)31-26-6-4-5-25(30)28(26)32-15-17-33(18-16-32)29(35)23-9-7-21(3)8-10-23/h4-14,20H,15-19H2,1-3H3,(H,31,34). The molecule has 0 saturated carbocycles. The third-order valence-corrected chi connectivity index (χ3v) is 6.66. The highest BCUT2D eigenvalue weighted by Gasteiger charge is 2.25. The molecule has 6 nitrogen and oxygen atoms in total. The fraction of sp³-hybridized carbons (Fsp3) is 0.310. The van der Waals surface area contributed by atoms with Gasteiger partial charge in [-0.25, -0.2) is 0 Å². The SMILES string of the molecule is Cc1ccc(C(=O)N2CCN(c3c(Cl)cccc3NC(=O)COc3ccc(C(C)C)cc3)CC2)cc1. The maximum atomic E-state index is 12.9. The van der Waals surface area contributed by atoms with E-state index in [-0.39, 0.29) is 18.4 Å². The summed E-state index contributed by atoms with van der Waals surface area (Å²) in [5.41, 5.74) is 4.43. The highest BCUT2D eigenvalue weighted by Crippen LogP contribution is 2.34. The van der Waals surface area contributed by atoms with E-state index in [4.69, 9.17) is 16.3 Å². The van der Waals surface area contributed by atoms with Gasteiger partial charge in [0.05, 0.1) is 16.4 Å². The lowest BCUT2D eigenvalue weighted by atomic mass is 10.0. The van der Waals surface area contributed by atoms with Crippen molar-refractivity contribution in [3.05, 3.63) is 88.4 Å². The van der Waals surface area contributed by atoms with E-state index in [2.05, 4.69) is 24.1 Å². The summed E-state index contributed by atoms with van der Waals surface area (Å²) in [6, 6.07) is 20.9. The molecule has 1 heterocycles. The maximum absolute atomic E-state index is 12.9. The first kappa shape index (κ1) is 25.6. The summed E-state index contributed by atoms with van der Waals surface area (Å²) in [6.45, 7) is 8.53. The summed E-state index contributed by atoms with van der Waals surface area (Å²) in [5.74, 6) is 0.849. The Morgan fingerprint density at radius 3 is 2.25 bits per heavy atom. The van der Waals surface area contributed by atoms with E-state index in [9.17, 15) is 9.59 Å². The first-order chi connectivity index (χ1) is 17.3. The molecule has 36 heavy (non-hydrogen) atoms. The second kappa shape index (κ2) is 11.5. The Labute approximate surface area is 217 Å². The molecule has 3 aromatic carbocycles. The lowest BCUT2D eigenvalue weighted by Gasteiger charge is -2.37. The molecule has 0 unspecified atom stereocenters. The first-order valence-electron chi connectivity index (χ1n) is 12.2. The van der Waals surface area contributed by atoms with Gasteiger partial charge in [0.2, 0.25) is 0 Å². The number of rotatable bonds is 7. The van der Waals surface area contributed by atoms with Crippen LogP contribution in [0.25, 0.3) is 0 Å². The number of carbonyl (C=O) groups excluding carboxylic acids is 2. The number of piperazine rings is 1. The lowest BCUT2D eigenvalue weighted by Crippen LogP contribution is -2.49. The van der Waals surface area contributed by atoms with Crippen molar-refractivity contribution in [2.45, 2.75) is 26.7 Å². The minimum atomic E-state index is -0.264. The molecule has 0 radical (unpaired) electrons. The molecule has 1 N–H and O–H groups in total. The molecule has 1 fully saturated rings. The van der Waals surface area contributed by atoms with Crippen molar-refractivity contribution in [2.24, 2.45) is 0 Å². The number of nitrogens with zero attached hydrogens (tertiary/aromatic N) is 2. The molecule has 0 aromatic heterocycles. The van der Waals surface area contributed by atoms with Crippen LogP contribution in [-0.4, -0.2) is 49.5 Å². The van der Waals surface area contributed by atoms with Gasteiger partial charge in [0.15, 0.2) is 6.61 Å². The fourth-order valence-corrected chi connectivity index (χ4v) is 4.53. The zero-order valence-corrected chi connectivity index (χ0v) is 21.7. The van der Waals surface area contributed by atoms with Crippen molar-refractivity contribution < 1.29 is 14.3 Å². The summed E-state index contributed by atoms with van der Waals surface area (Å²) in [7, 11) is 0. The highest BCUT2D eigenvalue weighted by atomic mass is 35.5. The minimum Gasteiger partial charge on any atom is -0.484 e. The van der Waals surface area contributed by atoms with Crippen LogP contribution in [0.15, 0.2) is 66.7 Å². The minimum absolute atomic E-state index is 0.0286. The van der Waals surface area contributed by atoms with Gasteiger partial charge in [0.1, 0.15) is 5.75 Å². The Kier molecular flexibility index (Phi) is 8.16. The van der Waals surface area contributed by atoms with Gasteiger partial charge in [-0.2, -0.15) is 0 Å². The van der Waals surface area contributed by atoms with E-state index >= 15 is 0 Å². The van der Waals surface area contributed by atoms with Crippen molar-refractivity contribution in [3.63, 3.8) is 0 Å². The van der Waals surface area contributed by atoms with Crippen LogP contribution in [0.1, 0.15) is 41.3 Å². The topological polar surface area (TPSA) is 61.9 Å². The molecule has 0 atom stereocenters. The monoisotopic (exact) mass is 505 g/mol. The van der Waals surface area contributed by atoms with Gasteiger partial charge in [0, 0.05) is 31.7 Å². The summed E-state index contributed by atoms with van der Waals surface area (Å²) < 4.78 is 5.68. The fourth-order valence-electron chi connectivity index (χ4n) is 4.23. The van der Waals surface area contributed by atoms with Gasteiger partial charge in [-0.1, -0.05) is 61.3 Å². The molecule has 1 aliphatic rings. The molecular formula is C29H32ClN3O3. The number of para-hydroxylation sites is 1. The number of carbonyl (C=O) groups is 2. The Balaban J connectivity index is 1.37. The van der Waals surface area contributed by atoms with E-state index in [0.29, 0.717) is 54.1 Å². The van der Waals surface area contributed by atoms with Crippen LogP contribution in [0.5, 0.6) is 5.75 Å². The summed E-state index contributed by atoms with van der Waals surface area (Å²) in [6.07, 6.45) is 0. The number of hydrogen-bond donors (Lipinski definition) is 1. The first-order valence-corrected chi connectivity index (χ1v) is 12.6. The Bertz CT molecular complexity index is 1200. The molecule has 1 saturated heterocycles. The van der Waals surface area contributed by atoms with E-state index in [1.807, 2.05) is 78.6 Å². The molecule has 0 spiro atoms. The number of ether oxygens (including phenoxy) is 1. The highest BCUT2D eigenvalue weighted by molar-refractivity contribution is 6.34. The molecule has 1 aliphatic heterocycles. The summed E-state index contributed by atoms with van der Waals surface area (Å²) in [5, 5.41) is 3.50. The number of amides is 2. The molecule has 7 heteroatoms. The van der Waals surface area contributed by atoms with Crippen molar-refractivity contribution >= 4 is 34.8 Å². The number of hydrogen-bond acceptors (Lipinski definition) is 4. The van der Waals surface area contributed by atoms with Crippen molar-refractivity contribution in [3.8, 4) is 5.75 Å². The molecule has 4 rings (SSSR count). The average molecular weight is 506 g/mol. The number of nitrogens with one attached hydrogen (secondary N) is 1. The zero-order valence-electron chi connectivity index (χ0n) is 21.0. The Morgan fingerprint density at radius 1 is 0.944 bits per heavy atom. The average Bonchev–Trinajstić information content (AvgIpc) is 2.88. The van der Waals surface area contributed by atoms with Crippen LogP contribution in [0.3, 0.4) is 0 Å². The van der Waals surface area contributed by atoms with E-state index in [1.165, 1.54) is 5.56 Å². The van der Waals surface area contributed by atoms with Crippen LogP contribution >= 0.6 is 11.6 Å². The van der Waals surface area contributed by atoms with Gasteiger partial charge < -0.3 is 19.9 Å². The largest absolute Gasteiger partial charge is 0.484 e. The van der Waals surface area contributed by atoms with Gasteiger partial charge in [-0.15, -0.1) is 0 Å². The summed E-state index contributed by atoms with van der Waals surface area (Å²) >= 11 is 6.56. The predicted molar refractivity (Wildman–Crippen MR) is 145 cm³/mol. The summed E-state index contributed by atoms with van der Waals surface area (Å²) in [4.78, 5) is 29.5. The van der Waals surface area contributed by atoms with Gasteiger partial charge in [-0.3, -0.25) is 9.59 Å². The van der Waals surface area contributed by atoms with Crippen LogP contribution in [-0.2, 0) is 4.79 Å². The van der Waals surface area contributed by atoms with Gasteiger partial charge in [-0.05, 0) is 54.8 Å². The van der Waals surface area contributed by atoms with Crippen LogP contribution in [0.2, 0.25) is 5.02 Å². The second-order valence-corrected chi connectivity index (χ2v) is 9.75. The van der Waals surface area contributed by atoms with E-state index in [1.54, 1.807) is 0 Å². The molecule has 3 aromatic rings. The van der Waals surface area contributed by atoms with Crippen molar-refractivity contribution in [2.75, 3.05) is 43.0 Å². The third kappa shape index (κ3) is 6.18. The lowest BCUT2D eigenvalue weighted by molar-refractivity contribution is -0.118. The number of halogens is 1. The second-order valence-electron chi connectivity index (χ2n) is 9.34. The molecule has 2 amide bonds. The van der Waals surface area contributed by atoms with Gasteiger partial charge >= 0.3 is 0 Å². The maximum Gasteiger partial charge on any atom is 0.262 e. The molecular weight excluding hydrogens is 474 g/mol. The van der Waals surface area contributed by atoms with E-state index < -0.39 is 0 Å².